The van der Waals surface area contributed by atoms with Gasteiger partial charge >= 0.3 is 0 Å². The first-order chi connectivity index (χ1) is 13.7. The quantitative estimate of drug-likeness (QED) is 0.570. The lowest BCUT2D eigenvalue weighted by Crippen LogP contribution is -2.35. The van der Waals surface area contributed by atoms with E-state index >= 15 is 0 Å². The summed E-state index contributed by atoms with van der Waals surface area (Å²) in [5.41, 5.74) is 3.33. The van der Waals surface area contributed by atoms with Crippen molar-refractivity contribution in [2.24, 2.45) is 0 Å². The molecule has 0 fully saturated rings. The highest BCUT2D eigenvalue weighted by Gasteiger charge is 2.25. The van der Waals surface area contributed by atoms with Crippen LogP contribution in [0, 0.1) is 6.92 Å². The Kier molecular flexibility index (Phi) is 4.09. The third-order valence-corrected chi connectivity index (χ3v) is 5.64. The summed E-state index contributed by atoms with van der Waals surface area (Å²) >= 11 is 1.65. The summed E-state index contributed by atoms with van der Waals surface area (Å²) in [5.74, 6) is 0.896. The van der Waals surface area contributed by atoms with E-state index in [1.165, 1.54) is 6.26 Å². The number of aromatic nitrogens is 4. The van der Waals surface area contributed by atoms with E-state index in [1.54, 1.807) is 22.4 Å². The molecular weight excluding hydrogens is 378 g/mol. The molecule has 4 heterocycles. The Morgan fingerprint density at radius 3 is 3.25 bits per heavy atom. The predicted octanol–water partition coefficient (Wildman–Crippen LogP) is 3.09. The highest BCUT2D eigenvalue weighted by atomic mass is 32.1. The highest BCUT2D eigenvalue weighted by Crippen LogP contribution is 2.26. The third-order valence-electron chi connectivity index (χ3n) is 4.69. The van der Waals surface area contributed by atoms with E-state index in [1.807, 2.05) is 25.1 Å². The molecule has 142 valence electrons. The van der Waals surface area contributed by atoms with Crippen molar-refractivity contribution in [1.82, 2.24) is 25.1 Å². The Hall–Kier alpha value is -3.20. The zero-order valence-electron chi connectivity index (χ0n) is 15.1. The number of thiazole rings is 1. The van der Waals surface area contributed by atoms with Gasteiger partial charge in [-0.2, -0.15) is 5.10 Å². The molecule has 0 bridgehead atoms. The van der Waals surface area contributed by atoms with Gasteiger partial charge in [0.1, 0.15) is 12.0 Å². The van der Waals surface area contributed by atoms with Crippen molar-refractivity contribution in [2.75, 3.05) is 6.54 Å². The van der Waals surface area contributed by atoms with Gasteiger partial charge < -0.3 is 14.1 Å². The molecule has 0 spiro atoms. The van der Waals surface area contributed by atoms with Gasteiger partial charge in [0, 0.05) is 36.8 Å². The van der Waals surface area contributed by atoms with Crippen LogP contribution < -0.4 is 4.74 Å². The van der Waals surface area contributed by atoms with Crippen LogP contribution in [0.15, 0.2) is 35.1 Å². The highest BCUT2D eigenvalue weighted by molar-refractivity contribution is 7.18. The van der Waals surface area contributed by atoms with E-state index in [4.69, 9.17) is 9.15 Å². The van der Waals surface area contributed by atoms with Gasteiger partial charge in [0.05, 0.1) is 21.4 Å². The smallest absolute Gasteiger partial charge is 0.276 e. The number of carbonyl (C=O) groups is 1. The molecule has 0 saturated carbocycles. The number of amides is 1. The van der Waals surface area contributed by atoms with Gasteiger partial charge in [-0.3, -0.25) is 9.89 Å². The summed E-state index contributed by atoms with van der Waals surface area (Å²) in [5, 5.41) is 8.01. The number of nitrogens with zero attached hydrogens (tertiary/aromatic N) is 4. The minimum atomic E-state index is -0.152. The molecule has 0 radical (unpaired) electrons. The van der Waals surface area contributed by atoms with Gasteiger partial charge in [-0.25, -0.2) is 9.97 Å². The lowest BCUT2D eigenvalue weighted by atomic mass is 10.1. The van der Waals surface area contributed by atoms with Crippen LogP contribution in [0.1, 0.15) is 32.6 Å². The van der Waals surface area contributed by atoms with Crippen molar-refractivity contribution >= 4 is 27.5 Å². The van der Waals surface area contributed by atoms with Crippen LogP contribution in [0.25, 0.3) is 10.2 Å². The minimum Gasteiger partial charge on any atom is -0.484 e. The van der Waals surface area contributed by atoms with Crippen LogP contribution in [0.3, 0.4) is 0 Å². The Morgan fingerprint density at radius 2 is 2.32 bits per heavy atom. The normalized spacial score (nSPS) is 13.7. The standard InChI is InChI=1S/C19H17N5O3S/c1-11-21-15-6-13(2-3-17(15)28-11)26-10-18-22-16(9-27-18)19(25)24-5-4-14-12(8-24)7-20-23-14/h2-3,6-7,9H,4-5,8,10H2,1H3,(H,20,23). The SMILES string of the molecule is Cc1nc2cc(OCc3nc(C(=O)N4CCc5[nH]ncc5C4)co3)ccc2s1. The number of H-pyrrole nitrogens is 1. The molecule has 4 aromatic rings. The first-order valence-corrected chi connectivity index (χ1v) is 9.72. The molecule has 5 rings (SSSR count). The fraction of sp³-hybridized carbons (Fsp3) is 0.263. The van der Waals surface area contributed by atoms with Crippen molar-refractivity contribution in [3.05, 3.63) is 58.5 Å². The number of fused-ring (bicyclic) bond motifs is 2. The lowest BCUT2D eigenvalue weighted by molar-refractivity contribution is 0.0728. The van der Waals surface area contributed by atoms with Gasteiger partial charge in [0.25, 0.3) is 5.91 Å². The van der Waals surface area contributed by atoms with Crippen molar-refractivity contribution in [2.45, 2.75) is 26.5 Å². The van der Waals surface area contributed by atoms with E-state index in [9.17, 15) is 4.79 Å². The molecule has 9 heteroatoms. The number of rotatable bonds is 4. The number of hydrogen-bond donors (Lipinski definition) is 1. The predicted molar refractivity (Wildman–Crippen MR) is 102 cm³/mol. The number of aryl methyl sites for hydroxylation is 1. The summed E-state index contributed by atoms with van der Waals surface area (Å²) in [6, 6.07) is 5.77. The van der Waals surface area contributed by atoms with Gasteiger partial charge in [0.2, 0.25) is 5.89 Å². The molecule has 0 atom stereocenters. The summed E-state index contributed by atoms with van der Waals surface area (Å²) in [7, 11) is 0. The number of benzene rings is 1. The number of nitrogens with one attached hydrogen (secondary N) is 1. The second-order valence-corrected chi connectivity index (χ2v) is 7.86. The summed E-state index contributed by atoms with van der Waals surface area (Å²) in [6.07, 6.45) is 3.91. The topological polar surface area (TPSA) is 97.1 Å². The van der Waals surface area contributed by atoms with Crippen molar-refractivity contribution < 1.29 is 13.9 Å². The lowest BCUT2D eigenvalue weighted by Gasteiger charge is -2.25. The molecule has 3 aromatic heterocycles. The molecule has 0 saturated heterocycles. The van der Waals surface area contributed by atoms with Crippen LogP contribution in [0.2, 0.25) is 0 Å². The first-order valence-electron chi connectivity index (χ1n) is 8.90. The second kappa shape index (κ2) is 6.75. The minimum absolute atomic E-state index is 0.147. The maximum Gasteiger partial charge on any atom is 0.276 e. The van der Waals surface area contributed by atoms with E-state index < -0.39 is 0 Å². The van der Waals surface area contributed by atoms with Crippen LogP contribution in [-0.2, 0) is 19.6 Å². The molecule has 1 aliphatic rings. The molecule has 1 amide bonds. The summed E-state index contributed by atoms with van der Waals surface area (Å²) < 4.78 is 12.3. The van der Waals surface area contributed by atoms with Crippen LogP contribution in [0.4, 0.5) is 0 Å². The monoisotopic (exact) mass is 395 g/mol. The Morgan fingerprint density at radius 1 is 1.39 bits per heavy atom. The third kappa shape index (κ3) is 3.13. The zero-order chi connectivity index (χ0) is 19.1. The summed E-state index contributed by atoms with van der Waals surface area (Å²) in [6.45, 7) is 3.27. The maximum atomic E-state index is 12.7. The second-order valence-electron chi connectivity index (χ2n) is 6.63. The molecule has 8 nitrogen and oxygen atoms in total. The average molecular weight is 395 g/mol. The molecule has 0 aliphatic carbocycles. The number of hydrogen-bond acceptors (Lipinski definition) is 7. The average Bonchev–Trinajstić information content (AvgIpc) is 3.43. The van der Waals surface area contributed by atoms with E-state index in [0.29, 0.717) is 24.7 Å². The Labute approximate surface area is 164 Å². The Bertz CT molecular complexity index is 1160. The van der Waals surface area contributed by atoms with Crippen molar-refractivity contribution in [1.29, 1.82) is 0 Å². The molecular formula is C19H17N5O3S. The first kappa shape index (κ1) is 16.9. The van der Waals surface area contributed by atoms with Crippen LogP contribution in [0.5, 0.6) is 5.75 Å². The molecule has 1 N–H and O–H groups in total. The van der Waals surface area contributed by atoms with Gasteiger partial charge in [-0.15, -0.1) is 11.3 Å². The van der Waals surface area contributed by atoms with E-state index in [-0.39, 0.29) is 18.2 Å². The number of carbonyl (C=O) groups excluding carboxylic acids is 1. The van der Waals surface area contributed by atoms with Gasteiger partial charge in [-0.1, -0.05) is 0 Å². The van der Waals surface area contributed by atoms with Gasteiger partial charge in [0.15, 0.2) is 12.3 Å². The maximum absolute atomic E-state index is 12.7. The zero-order valence-corrected chi connectivity index (χ0v) is 16.0. The van der Waals surface area contributed by atoms with Gasteiger partial charge in [-0.05, 0) is 19.1 Å². The van der Waals surface area contributed by atoms with E-state index in [0.717, 1.165) is 32.9 Å². The fourth-order valence-corrected chi connectivity index (χ4v) is 4.10. The molecule has 28 heavy (non-hydrogen) atoms. The summed E-state index contributed by atoms with van der Waals surface area (Å²) in [4.78, 5) is 23.2. The number of ether oxygens (including phenoxy) is 1. The number of oxazole rings is 1. The van der Waals surface area contributed by atoms with Crippen LogP contribution in [-0.4, -0.2) is 37.5 Å². The molecule has 1 aliphatic heterocycles. The van der Waals surface area contributed by atoms with Crippen LogP contribution >= 0.6 is 11.3 Å². The van der Waals surface area contributed by atoms with E-state index in [2.05, 4.69) is 20.2 Å². The molecule has 1 aromatic carbocycles. The van der Waals surface area contributed by atoms with Crippen molar-refractivity contribution in [3.63, 3.8) is 0 Å². The Balaban J connectivity index is 1.25. The van der Waals surface area contributed by atoms with Crippen molar-refractivity contribution in [3.8, 4) is 5.75 Å². The largest absolute Gasteiger partial charge is 0.484 e. The number of aromatic amines is 1. The molecule has 0 unspecified atom stereocenters. The fourth-order valence-electron chi connectivity index (χ4n) is 3.29.